The quantitative estimate of drug-likeness (QED) is 0.799. The number of phenols is 1. The van der Waals surface area contributed by atoms with Crippen LogP contribution < -0.4 is 4.74 Å². The molecule has 3 nitrogen and oxygen atoms in total. The Morgan fingerprint density at radius 2 is 1.86 bits per heavy atom. The molecule has 4 heteroatoms. The van der Waals surface area contributed by atoms with Gasteiger partial charge in [0.15, 0.2) is 11.5 Å². The Bertz CT molecular complexity index is 716. The Balaban J connectivity index is 1.97. The van der Waals surface area contributed by atoms with Gasteiger partial charge in [0.05, 0.1) is 0 Å². The highest BCUT2D eigenvalue weighted by molar-refractivity contribution is 6.30. The molecular weight excluding hydrogens is 286 g/mol. The van der Waals surface area contributed by atoms with Crippen LogP contribution in [0.1, 0.15) is 23.0 Å². The third kappa shape index (κ3) is 2.00. The van der Waals surface area contributed by atoms with Gasteiger partial charge >= 0.3 is 0 Å². The van der Waals surface area contributed by atoms with E-state index < -0.39 is 0 Å². The topological polar surface area (TPSA) is 32.7 Å². The third-order valence-corrected chi connectivity index (χ3v) is 4.71. The van der Waals surface area contributed by atoms with Crippen LogP contribution in [0.25, 0.3) is 0 Å². The average molecular weight is 302 g/mol. The second kappa shape index (κ2) is 4.65. The molecule has 2 aliphatic heterocycles. The van der Waals surface area contributed by atoms with Crippen LogP contribution in [0, 0.1) is 0 Å². The summed E-state index contributed by atoms with van der Waals surface area (Å²) >= 11 is 6.14. The van der Waals surface area contributed by atoms with Crippen LogP contribution in [-0.2, 0) is 0 Å². The van der Waals surface area contributed by atoms with Gasteiger partial charge in [0.2, 0.25) is 0 Å². The van der Waals surface area contributed by atoms with Gasteiger partial charge in [-0.05, 0) is 24.7 Å². The molecule has 0 radical (unpaired) electrons. The maximum Gasteiger partial charge on any atom is 0.172 e. The minimum atomic E-state index is 0.113. The maximum absolute atomic E-state index is 10.3. The summed E-state index contributed by atoms with van der Waals surface area (Å²) < 4.78 is 6.03. The van der Waals surface area contributed by atoms with Crippen LogP contribution in [0.2, 0.25) is 5.02 Å². The summed E-state index contributed by atoms with van der Waals surface area (Å²) in [6.45, 7) is 1.92. The Kier molecular flexibility index (Phi) is 2.88. The van der Waals surface area contributed by atoms with Crippen molar-refractivity contribution >= 4 is 11.6 Å². The van der Waals surface area contributed by atoms with E-state index in [-0.39, 0.29) is 5.75 Å². The van der Waals surface area contributed by atoms with Gasteiger partial charge in [-0.25, -0.2) is 0 Å². The van der Waals surface area contributed by atoms with Crippen molar-refractivity contribution in [3.05, 3.63) is 52.5 Å². The first-order valence-electron chi connectivity index (χ1n) is 7.11. The van der Waals surface area contributed by atoms with Gasteiger partial charge in [0.25, 0.3) is 0 Å². The van der Waals surface area contributed by atoms with Crippen LogP contribution in [0.3, 0.4) is 0 Å². The molecule has 1 saturated heterocycles. The van der Waals surface area contributed by atoms with Gasteiger partial charge in [-0.2, -0.15) is 0 Å². The molecule has 0 bridgehead atoms. The van der Waals surface area contributed by atoms with Gasteiger partial charge in [0.1, 0.15) is 5.75 Å². The molecule has 0 saturated carbocycles. The number of likely N-dealkylation sites (tertiary alicyclic amines) is 1. The van der Waals surface area contributed by atoms with Crippen molar-refractivity contribution < 1.29 is 9.84 Å². The number of aromatic hydroxyl groups is 1. The number of fused-ring (bicyclic) bond motifs is 5. The molecule has 2 heterocycles. The standard InChI is InChI=1S/C17H16ClNO2/c1-19-8-13-11-4-2-3-5-16(11)21-17-12(14(13)9-19)6-10(18)7-15(17)20/h2-7,13-14,20H,8-9H2,1H3/t13-,14-/m1/s1. The number of ether oxygens (including phenoxy) is 1. The van der Waals surface area contributed by atoms with Crippen molar-refractivity contribution in [2.75, 3.05) is 20.1 Å². The summed E-state index contributed by atoms with van der Waals surface area (Å²) in [6, 6.07) is 11.6. The Morgan fingerprint density at radius 1 is 1.14 bits per heavy atom. The number of hydrogen-bond acceptors (Lipinski definition) is 3. The Morgan fingerprint density at radius 3 is 2.67 bits per heavy atom. The second-order valence-corrected chi connectivity index (χ2v) is 6.35. The monoisotopic (exact) mass is 301 g/mol. The Labute approximate surface area is 128 Å². The molecule has 0 unspecified atom stereocenters. The van der Waals surface area contributed by atoms with E-state index >= 15 is 0 Å². The highest BCUT2D eigenvalue weighted by atomic mass is 35.5. The second-order valence-electron chi connectivity index (χ2n) is 5.92. The molecule has 2 aromatic rings. The summed E-state index contributed by atoms with van der Waals surface area (Å²) in [5, 5.41) is 10.8. The molecule has 2 aliphatic rings. The zero-order valence-electron chi connectivity index (χ0n) is 11.7. The van der Waals surface area contributed by atoms with Crippen molar-refractivity contribution in [2.24, 2.45) is 0 Å². The SMILES string of the molecule is CN1C[C@@H]2c3ccccc3Oc3c(O)cc(Cl)cc3[C@H]2C1. The fourth-order valence-corrected chi connectivity index (χ4v) is 3.83. The van der Waals surface area contributed by atoms with Crippen molar-refractivity contribution in [3.63, 3.8) is 0 Å². The first-order valence-corrected chi connectivity index (χ1v) is 7.49. The third-order valence-electron chi connectivity index (χ3n) is 4.50. The molecule has 0 amide bonds. The first kappa shape index (κ1) is 13.0. The molecule has 0 spiro atoms. The van der Waals surface area contributed by atoms with Crippen molar-refractivity contribution in [3.8, 4) is 17.2 Å². The normalized spacial score (nSPS) is 23.7. The van der Waals surface area contributed by atoms with Gasteiger partial charge in [-0.1, -0.05) is 29.8 Å². The maximum atomic E-state index is 10.3. The Hall–Kier alpha value is -1.71. The zero-order chi connectivity index (χ0) is 14.6. The van der Waals surface area contributed by atoms with Gasteiger partial charge in [0, 0.05) is 41.6 Å². The lowest BCUT2D eigenvalue weighted by molar-refractivity contribution is 0.390. The predicted octanol–water partition coefficient (Wildman–Crippen LogP) is 3.96. The summed E-state index contributed by atoms with van der Waals surface area (Å²) in [6.07, 6.45) is 0. The number of rotatable bonds is 0. The van der Waals surface area contributed by atoms with Crippen LogP contribution in [0.4, 0.5) is 0 Å². The predicted molar refractivity (Wildman–Crippen MR) is 82.6 cm³/mol. The molecular formula is C17H16ClNO2. The number of halogens is 1. The fourth-order valence-electron chi connectivity index (χ4n) is 3.61. The summed E-state index contributed by atoms with van der Waals surface area (Å²) in [4.78, 5) is 2.32. The first-order chi connectivity index (χ1) is 10.1. The van der Waals surface area contributed by atoms with Gasteiger partial charge < -0.3 is 14.7 Å². The van der Waals surface area contributed by atoms with Crippen molar-refractivity contribution in [1.82, 2.24) is 4.90 Å². The zero-order valence-corrected chi connectivity index (χ0v) is 12.5. The van der Waals surface area contributed by atoms with E-state index in [4.69, 9.17) is 16.3 Å². The number of benzene rings is 2. The van der Waals surface area contributed by atoms with Gasteiger partial charge in [-0.15, -0.1) is 0 Å². The lowest BCUT2D eigenvalue weighted by atomic mass is 9.84. The lowest BCUT2D eigenvalue weighted by Gasteiger charge is -2.17. The number of likely N-dealkylation sites (N-methyl/N-ethyl adjacent to an activating group) is 1. The van der Waals surface area contributed by atoms with E-state index in [2.05, 4.69) is 18.0 Å². The molecule has 1 N–H and O–H groups in total. The van der Waals surface area contributed by atoms with E-state index in [1.807, 2.05) is 24.3 Å². The molecule has 4 rings (SSSR count). The molecule has 1 fully saturated rings. The van der Waals surface area contributed by atoms with Crippen LogP contribution in [0.15, 0.2) is 36.4 Å². The van der Waals surface area contributed by atoms with Gasteiger partial charge in [-0.3, -0.25) is 0 Å². The fraction of sp³-hybridized carbons (Fsp3) is 0.294. The van der Waals surface area contributed by atoms with E-state index in [0.29, 0.717) is 22.6 Å². The van der Waals surface area contributed by atoms with Crippen molar-refractivity contribution in [1.29, 1.82) is 0 Å². The molecule has 0 aromatic heterocycles. The molecule has 0 aliphatic carbocycles. The van der Waals surface area contributed by atoms with Crippen LogP contribution >= 0.6 is 11.6 Å². The van der Waals surface area contributed by atoms with Crippen LogP contribution in [0.5, 0.6) is 17.2 Å². The minimum absolute atomic E-state index is 0.113. The molecule has 2 aromatic carbocycles. The largest absolute Gasteiger partial charge is 0.504 e. The van der Waals surface area contributed by atoms with E-state index in [1.54, 1.807) is 6.07 Å². The van der Waals surface area contributed by atoms with Crippen molar-refractivity contribution in [2.45, 2.75) is 11.8 Å². The van der Waals surface area contributed by atoms with E-state index in [0.717, 1.165) is 24.4 Å². The van der Waals surface area contributed by atoms with E-state index in [9.17, 15) is 5.11 Å². The summed E-state index contributed by atoms with van der Waals surface area (Å²) in [5.74, 6) is 2.15. The lowest BCUT2D eigenvalue weighted by Crippen LogP contribution is -2.14. The minimum Gasteiger partial charge on any atom is -0.504 e. The van der Waals surface area contributed by atoms with Crippen LogP contribution in [-0.4, -0.2) is 30.1 Å². The smallest absolute Gasteiger partial charge is 0.172 e. The molecule has 108 valence electrons. The number of phenolic OH excluding ortho intramolecular Hbond substituents is 1. The molecule has 2 atom stereocenters. The van der Waals surface area contributed by atoms with E-state index in [1.165, 1.54) is 5.56 Å². The number of hydrogen-bond donors (Lipinski definition) is 1. The number of nitrogens with zero attached hydrogens (tertiary/aromatic N) is 1. The average Bonchev–Trinajstić information content (AvgIpc) is 2.78. The highest BCUT2D eigenvalue weighted by Gasteiger charge is 2.39. The number of para-hydroxylation sites is 1. The highest BCUT2D eigenvalue weighted by Crippen LogP contribution is 2.52. The molecule has 21 heavy (non-hydrogen) atoms. The summed E-state index contributed by atoms with van der Waals surface area (Å²) in [7, 11) is 2.13. The summed E-state index contributed by atoms with van der Waals surface area (Å²) in [5.41, 5.74) is 2.21.